The molecule has 0 bridgehead atoms. The summed E-state index contributed by atoms with van der Waals surface area (Å²) in [5.74, 6) is 1.02. The lowest BCUT2D eigenvalue weighted by atomic mass is 10.2. The number of aromatic nitrogens is 3. The average molecular weight is 314 g/mol. The Kier molecular flexibility index (Phi) is 3.56. The molecule has 0 aromatic carbocycles. The lowest BCUT2D eigenvalue weighted by Crippen LogP contribution is -2.19. The van der Waals surface area contributed by atoms with E-state index < -0.39 is 0 Å². The zero-order valence-corrected chi connectivity index (χ0v) is 13.3. The molecule has 3 aromatic heterocycles. The number of anilines is 1. The van der Waals surface area contributed by atoms with Crippen molar-refractivity contribution >= 4 is 22.8 Å². The first kappa shape index (κ1) is 13.7. The molecule has 1 saturated heterocycles. The molecule has 0 saturated carbocycles. The number of hydrogen-bond acceptors (Lipinski definition) is 5. The molecule has 1 unspecified atom stereocenters. The Morgan fingerprint density at radius 2 is 2.41 bits per heavy atom. The molecule has 22 heavy (non-hydrogen) atoms. The summed E-state index contributed by atoms with van der Waals surface area (Å²) in [6, 6.07) is 4.26. The van der Waals surface area contributed by atoms with Gasteiger partial charge >= 0.3 is 0 Å². The van der Waals surface area contributed by atoms with E-state index in [1.54, 1.807) is 23.7 Å². The quantitative estimate of drug-likeness (QED) is 0.802. The fourth-order valence-corrected chi connectivity index (χ4v) is 3.68. The molecule has 0 amide bonds. The minimum atomic E-state index is 0.297. The summed E-state index contributed by atoms with van der Waals surface area (Å²) < 4.78 is 7.77. The second kappa shape index (κ2) is 5.70. The maximum Gasteiger partial charge on any atom is 0.157 e. The highest BCUT2D eigenvalue weighted by Crippen LogP contribution is 2.33. The minimum absolute atomic E-state index is 0.297. The van der Waals surface area contributed by atoms with Gasteiger partial charge in [0.05, 0.1) is 17.2 Å². The Labute approximate surface area is 133 Å². The second-order valence-corrected chi connectivity index (χ2v) is 6.83. The number of thiophene rings is 1. The molecule has 4 rings (SSSR count). The topological polar surface area (TPSA) is 51.5 Å². The van der Waals surface area contributed by atoms with Crippen LogP contribution >= 0.6 is 11.3 Å². The van der Waals surface area contributed by atoms with E-state index in [4.69, 9.17) is 9.72 Å². The van der Waals surface area contributed by atoms with E-state index in [0.29, 0.717) is 6.10 Å². The number of hydrogen-bond donors (Lipinski definition) is 1. The summed E-state index contributed by atoms with van der Waals surface area (Å²) in [7, 11) is 0. The van der Waals surface area contributed by atoms with Gasteiger partial charge < -0.3 is 10.1 Å². The summed E-state index contributed by atoms with van der Waals surface area (Å²) >= 11 is 1.76. The Balaban J connectivity index is 1.72. The molecule has 1 aliphatic rings. The van der Waals surface area contributed by atoms with Gasteiger partial charge in [0.15, 0.2) is 5.65 Å². The van der Waals surface area contributed by atoms with Gasteiger partial charge in [-0.05, 0) is 31.9 Å². The second-order valence-electron chi connectivity index (χ2n) is 5.54. The van der Waals surface area contributed by atoms with Crippen LogP contribution in [-0.2, 0) is 4.74 Å². The number of nitrogens with zero attached hydrogens (tertiary/aromatic N) is 3. The Morgan fingerprint density at radius 3 is 3.18 bits per heavy atom. The molecule has 3 aromatic rings. The van der Waals surface area contributed by atoms with Crippen LogP contribution in [0.1, 0.15) is 17.7 Å². The maximum atomic E-state index is 5.71. The van der Waals surface area contributed by atoms with Crippen LogP contribution < -0.4 is 5.32 Å². The van der Waals surface area contributed by atoms with Crippen molar-refractivity contribution in [3.05, 3.63) is 35.6 Å². The highest BCUT2D eigenvalue weighted by Gasteiger charge is 2.19. The largest absolute Gasteiger partial charge is 0.376 e. The first-order chi connectivity index (χ1) is 10.8. The average Bonchev–Trinajstić information content (AvgIpc) is 3.24. The van der Waals surface area contributed by atoms with Crippen molar-refractivity contribution in [2.45, 2.75) is 25.9 Å². The van der Waals surface area contributed by atoms with Gasteiger partial charge in [0.2, 0.25) is 0 Å². The molecule has 1 N–H and O–H groups in total. The lowest BCUT2D eigenvalue weighted by molar-refractivity contribution is 0.120. The van der Waals surface area contributed by atoms with Crippen molar-refractivity contribution in [2.75, 3.05) is 18.5 Å². The minimum Gasteiger partial charge on any atom is -0.376 e. The smallest absolute Gasteiger partial charge is 0.157 e. The molecular formula is C16H18N4OS. The molecule has 1 atom stereocenters. The zero-order valence-electron chi connectivity index (χ0n) is 12.5. The van der Waals surface area contributed by atoms with Gasteiger partial charge in [-0.2, -0.15) is 0 Å². The Morgan fingerprint density at radius 1 is 1.45 bits per heavy atom. The molecular weight excluding hydrogens is 296 g/mol. The molecule has 0 spiro atoms. The van der Waals surface area contributed by atoms with Crippen LogP contribution in [0.25, 0.3) is 16.2 Å². The molecule has 5 nitrogen and oxygen atoms in total. The lowest BCUT2D eigenvalue weighted by Gasteiger charge is -2.12. The normalized spacial score (nSPS) is 18.1. The predicted octanol–water partition coefficient (Wildman–Crippen LogP) is 3.36. The fraction of sp³-hybridized carbons (Fsp3) is 0.375. The summed E-state index contributed by atoms with van der Waals surface area (Å²) in [6.45, 7) is 3.80. The van der Waals surface area contributed by atoms with Crippen molar-refractivity contribution < 1.29 is 4.74 Å². The van der Waals surface area contributed by atoms with Crippen LogP contribution in [-0.4, -0.2) is 33.6 Å². The highest BCUT2D eigenvalue weighted by molar-refractivity contribution is 7.15. The third-order valence-corrected chi connectivity index (χ3v) is 4.93. The van der Waals surface area contributed by atoms with Crippen LogP contribution in [0.2, 0.25) is 0 Å². The van der Waals surface area contributed by atoms with Crippen molar-refractivity contribution in [1.29, 1.82) is 0 Å². The van der Waals surface area contributed by atoms with Crippen LogP contribution in [0.3, 0.4) is 0 Å². The monoisotopic (exact) mass is 314 g/mol. The van der Waals surface area contributed by atoms with Gasteiger partial charge in [-0.3, -0.25) is 9.38 Å². The van der Waals surface area contributed by atoms with E-state index in [9.17, 15) is 0 Å². The van der Waals surface area contributed by atoms with Gasteiger partial charge in [0, 0.05) is 30.4 Å². The SMILES string of the molecule is Cc1ccc(-c2nc3cnccn3c2NCC2CCCO2)s1. The number of fused-ring (bicyclic) bond motifs is 1. The maximum absolute atomic E-state index is 5.71. The van der Waals surface area contributed by atoms with E-state index in [1.807, 2.05) is 6.20 Å². The van der Waals surface area contributed by atoms with Crippen molar-refractivity contribution in [3.8, 4) is 10.6 Å². The summed E-state index contributed by atoms with van der Waals surface area (Å²) in [5, 5.41) is 3.54. The molecule has 0 aliphatic carbocycles. The standard InChI is InChI=1S/C16H18N4OS/c1-11-4-5-13(22-11)15-16(18-9-12-3-2-8-21-12)20-7-6-17-10-14(20)19-15/h4-7,10,12,18H,2-3,8-9H2,1H3. The van der Waals surface area contributed by atoms with Gasteiger partial charge in [0.1, 0.15) is 11.5 Å². The van der Waals surface area contributed by atoms with E-state index in [-0.39, 0.29) is 0 Å². The van der Waals surface area contributed by atoms with Crippen LogP contribution in [0.5, 0.6) is 0 Å². The van der Waals surface area contributed by atoms with Gasteiger partial charge in [0.25, 0.3) is 0 Å². The van der Waals surface area contributed by atoms with Crippen molar-refractivity contribution in [3.63, 3.8) is 0 Å². The number of rotatable bonds is 4. The molecule has 1 fully saturated rings. The Bertz CT molecular complexity index is 788. The summed E-state index contributed by atoms with van der Waals surface area (Å²) in [4.78, 5) is 11.4. The molecule has 4 heterocycles. The van der Waals surface area contributed by atoms with E-state index >= 15 is 0 Å². The van der Waals surface area contributed by atoms with E-state index in [2.05, 4.69) is 33.8 Å². The van der Waals surface area contributed by atoms with Crippen LogP contribution in [0, 0.1) is 6.92 Å². The van der Waals surface area contributed by atoms with Gasteiger partial charge in [-0.1, -0.05) is 0 Å². The third-order valence-electron chi connectivity index (χ3n) is 3.93. The third kappa shape index (κ3) is 2.48. The van der Waals surface area contributed by atoms with Gasteiger partial charge in [-0.25, -0.2) is 4.98 Å². The number of aryl methyl sites for hydroxylation is 1. The summed E-state index contributed by atoms with van der Waals surface area (Å²) in [6.07, 6.45) is 8.10. The molecule has 1 aliphatic heterocycles. The zero-order chi connectivity index (χ0) is 14.9. The molecule has 6 heteroatoms. The molecule has 114 valence electrons. The van der Waals surface area contributed by atoms with Crippen molar-refractivity contribution in [1.82, 2.24) is 14.4 Å². The van der Waals surface area contributed by atoms with E-state index in [0.717, 1.165) is 43.2 Å². The highest BCUT2D eigenvalue weighted by atomic mass is 32.1. The fourth-order valence-electron chi connectivity index (χ4n) is 2.83. The first-order valence-electron chi connectivity index (χ1n) is 7.55. The van der Waals surface area contributed by atoms with Gasteiger partial charge in [-0.15, -0.1) is 11.3 Å². The number of nitrogens with one attached hydrogen (secondary N) is 1. The summed E-state index contributed by atoms with van der Waals surface area (Å²) in [5.41, 5.74) is 1.85. The van der Waals surface area contributed by atoms with E-state index in [1.165, 1.54) is 9.75 Å². The Hall–Kier alpha value is -1.92. The molecule has 0 radical (unpaired) electrons. The predicted molar refractivity (Wildman–Crippen MR) is 88.5 cm³/mol. The number of ether oxygens (including phenoxy) is 1. The van der Waals surface area contributed by atoms with Crippen molar-refractivity contribution in [2.24, 2.45) is 0 Å². The first-order valence-corrected chi connectivity index (χ1v) is 8.37. The number of imidazole rings is 1. The van der Waals surface area contributed by atoms with Crippen LogP contribution in [0.4, 0.5) is 5.82 Å². The van der Waals surface area contributed by atoms with Crippen LogP contribution in [0.15, 0.2) is 30.7 Å².